The summed E-state index contributed by atoms with van der Waals surface area (Å²) in [5, 5.41) is 0. The normalized spacial score (nSPS) is 13.8. The predicted molar refractivity (Wildman–Crippen MR) is 76.7 cm³/mol. The van der Waals surface area contributed by atoms with Crippen LogP contribution in [0, 0.1) is 0 Å². The maximum absolute atomic E-state index is 11.9. The number of nitrogens with zero attached hydrogens (tertiary/aromatic N) is 1. The number of nitrogen functional groups attached to an aromatic ring is 1. The Kier molecular flexibility index (Phi) is 4.12. The Labute approximate surface area is 117 Å². The highest BCUT2D eigenvalue weighted by Gasteiger charge is 2.25. The van der Waals surface area contributed by atoms with Gasteiger partial charge < -0.3 is 16.2 Å². The van der Waals surface area contributed by atoms with E-state index in [2.05, 4.69) is 0 Å². The Morgan fingerprint density at radius 1 is 1.40 bits per heavy atom. The summed E-state index contributed by atoms with van der Waals surface area (Å²) in [5.41, 5.74) is 13.6. The molecule has 0 spiro atoms. The SMILES string of the molecule is CCCOC(=O)c1ccc2c(c1N)CCCN2C(N)=O. The molecule has 1 aliphatic rings. The number of rotatable bonds is 3. The summed E-state index contributed by atoms with van der Waals surface area (Å²) in [5.74, 6) is -0.427. The van der Waals surface area contributed by atoms with Crippen LogP contribution < -0.4 is 16.4 Å². The third kappa shape index (κ3) is 2.54. The molecule has 0 aliphatic carbocycles. The summed E-state index contributed by atoms with van der Waals surface area (Å²) >= 11 is 0. The lowest BCUT2D eigenvalue weighted by molar-refractivity contribution is 0.0506. The maximum atomic E-state index is 11.9. The second-order valence-corrected chi connectivity index (χ2v) is 4.75. The fourth-order valence-electron chi connectivity index (χ4n) is 2.38. The molecule has 1 aliphatic heterocycles. The largest absolute Gasteiger partial charge is 0.462 e. The van der Waals surface area contributed by atoms with Gasteiger partial charge in [-0.3, -0.25) is 4.90 Å². The molecule has 0 bridgehead atoms. The molecule has 6 heteroatoms. The monoisotopic (exact) mass is 277 g/mol. The van der Waals surface area contributed by atoms with E-state index in [0.29, 0.717) is 30.1 Å². The van der Waals surface area contributed by atoms with Crippen LogP contribution in [0.5, 0.6) is 0 Å². The standard InChI is InChI=1S/C14H19N3O3/c1-2-8-20-13(18)10-5-6-11-9(12(10)15)4-3-7-17(11)14(16)19/h5-6H,2-4,7-8,15H2,1H3,(H2,16,19). The van der Waals surface area contributed by atoms with Crippen LogP contribution in [0.3, 0.4) is 0 Å². The Morgan fingerprint density at radius 2 is 2.15 bits per heavy atom. The molecule has 0 unspecified atom stereocenters. The minimum Gasteiger partial charge on any atom is -0.462 e. The van der Waals surface area contributed by atoms with Gasteiger partial charge in [0.1, 0.15) is 0 Å². The van der Waals surface area contributed by atoms with Gasteiger partial charge in [0.2, 0.25) is 0 Å². The molecule has 0 aromatic heterocycles. The molecule has 0 fully saturated rings. The first kappa shape index (κ1) is 14.2. The number of fused-ring (bicyclic) bond motifs is 1. The van der Waals surface area contributed by atoms with Crippen molar-refractivity contribution in [2.45, 2.75) is 26.2 Å². The molecule has 108 valence electrons. The van der Waals surface area contributed by atoms with Crippen molar-refractivity contribution in [2.24, 2.45) is 5.73 Å². The number of primary amides is 1. The highest BCUT2D eigenvalue weighted by molar-refractivity contribution is 6.00. The molecule has 6 nitrogen and oxygen atoms in total. The average molecular weight is 277 g/mol. The summed E-state index contributed by atoms with van der Waals surface area (Å²) in [6.45, 7) is 2.86. The first-order valence-corrected chi connectivity index (χ1v) is 6.71. The van der Waals surface area contributed by atoms with Gasteiger partial charge >= 0.3 is 12.0 Å². The number of anilines is 2. The second-order valence-electron chi connectivity index (χ2n) is 4.75. The molecule has 1 heterocycles. The molecule has 2 rings (SSSR count). The van der Waals surface area contributed by atoms with E-state index in [1.165, 1.54) is 4.90 Å². The zero-order valence-corrected chi connectivity index (χ0v) is 11.5. The number of hydrogen-bond acceptors (Lipinski definition) is 4. The number of urea groups is 1. The van der Waals surface area contributed by atoms with Gasteiger partial charge in [-0.05, 0) is 37.0 Å². The van der Waals surface area contributed by atoms with Crippen LogP contribution in [0.25, 0.3) is 0 Å². The molecule has 1 aromatic carbocycles. The van der Waals surface area contributed by atoms with E-state index >= 15 is 0 Å². The van der Waals surface area contributed by atoms with Crippen LogP contribution in [0.15, 0.2) is 12.1 Å². The van der Waals surface area contributed by atoms with Crippen molar-refractivity contribution in [1.29, 1.82) is 0 Å². The van der Waals surface area contributed by atoms with Crippen LogP contribution in [0.4, 0.5) is 16.2 Å². The molecule has 20 heavy (non-hydrogen) atoms. The smallest absolute Gasteiger partial charge is 0.340 e. The van der Waals surface area contributed by atoms with Gasteiger partial charge in [0.25, 0.3) is 0 Å². The zero-order valence-electron chi connectivity index (χ0n) is 11.5. The van der Waals surface area contributed by atoms with E-state index in [9.17, 15) is 9.59 Å². The maximum Gasteiger partial charge on any atom is 0.340 e. The number of hydrogen-bond donors (Lipinski definition) is 2. The summed E-state index contributed by atoms with van der Waals surface area (Å²) in [7, 11) is 0. The van der Waals surface area contributed by atoms with Crippen molar-refractivity contribution in [2.75, 3.05) is 23.8 Å². The number of benzene rings is 1. The molecule has 0 atom stereocenters. The van der Waals surface area contributed by atoms with Gasteiger partial charge in [0.05, 0.1) is 23.5 Å². The zero-order chi connectivity index (χ0) is 14.7. The van der Waals surface area contributed by atoms with Crippen molar-refractivity contribution in [3.05, 3.63) is 23.3 Å². The second kappa shape index (κ2) is 5.81. The minimum atomic E-state index is -0.508. The molecule has 0 saturated heterocycles. The molecule has 2 amide bonds. The number of amides is 2. The lowest BCUT2D eigenvalue weighted by Gasteiger charge is -2.29. The van der Waals surface area contributed by atoms with E-state index in [4.69, 9.17) is 16.2 Å². The first-order valence-electron chi connectivity index (χ1n) is 6.71. The summed E-state index contributed by atoms with van der Waals surface area (Å²) < 4.78 is 5.10. The van der Waals surface area contributed by atoms with E-state index in [0.717, 1.165) is 24.8 Å². The van der Waals surface area contributed by atoms with Crippen LogP contribution in [-0.2, 0) is 11.2 Å². The Hall–Kier alpha value is -2.24. The Bertz CT molecular complexity index is 543. The number of esters is 1. The highest BCUT2D eigenvalue weighted by Crippen LogP contribution is 2.33. The number of ether oxygens (including phenoxy) is 1. The topological polar surface area (TPSA) is 98.7 Å². The molecular weight excluding hydrogens is 258 g/mol. The van der Waals surface area contributed by atoms with Gasteiger partial charge in [-0.2, -0.15) is 0 Å². The first-order chi connectivity index (χ1) is 9.56. The minimum absolute atomic E-state index is 0.350. The van der Waals surface area contributed by atoms with E-state index < -0.39 is 12.0 Å². The van der Waals surface area contributed by atoms with E-state index in [1.807, 2.05) is 6.92 Å². The van der Waals surface area contributed by atoms with E-state index in [1.54, 1.807) is 12.1 Å². The van der Waals surface area contributed by atoms with Crippen molar-refractivity contribution in [3.63, 3.8) is 0 Å². The van der Waals surface area contributed by atoms with E-state index in [-0.39, 0.29) is 0 Å². The molecule has 1 aromatic rings. The Morgan fingerprint density at radius 3 is 2.80 bits per heavy atom. The van der Waals surface area contributed by atoms with Gasteiger partial charge in [-0.15, -0.1) is 0 Å². The summed E-state index contributed by atoms with van der Waals surface area (Å²) in [6.07, 6.45) is 2.25. The lowest BCUT2D eigenvalue weighted by Crippen LogP contribution is -2.39. The third-order valence-electron chi connectivity index (χ3n) is 3.35. The van der Waals surface area contributed by atoms with Crippen molar-refractivity contribution >= 4 is 23.4 Å². The number of carbonyl (C=O) groups excluding carboxylic acids is 2. The van der Waals surface area contributed by atoms with Crippen LogP contribution in [0.2, 0.25) is 0 Å². The third-order valence-corrected chi connectivity index (χ3v) is 3.35. The fraction of sp³-hybridized carbons (Fsp3) is 0.429. The molecule has 0 saturated carbocycles. The summed E-state index contributed by atoms with van der Waals surface area (Å²) in [6, 6.07) is 2.79. The fourth-order valence-corrected chi connectivity index (χ4v) is 2.38. The summed E-state index contributed by atoms with van der Waals surface area (Å²) in [4.78, 5) is 24.8. The van der Waals surface area contributed by atoms with Crippen LogP contribution >= 0.6 is 0 Å². The van der Waals surface area contributed by atoms with Gasteiger partial charge in [-0.1, -0.05) is 6.92 Å². The average Bonchev–Trinajstić information content (AvgIpc) is 2.44. The van der Waals surface area contributed by atoms with Crippen LogP contribution in [-0.4, -0.2) is 25.2 Å². The molecular formula is C14H19N3O3. The van der Waals surface area contributed by atoms with Gasteiger partial charge in [0, 0.05) is 6.54 Å². The molecule has 4 N–H and O–H groups in total. The van der Waals surface area contributed by atoms with Crippen molar-refractivity contribution in [3.8, 4) is 0 Å². The Balaban J connectivity index is 2.36. The lowest BCUT2D eigenvalue weighted by atomic mass is 9.97. The van der Waals surface area contributed by atoms with Crippen LogP contribution in [0.1, 0.15) is 35.7 Å². The van der Waals surface area contributed by atoms with Gasteiger partial charge in [-0.25, -0.2) is 9.59 Å². The quantitative estimate of drug-likeness (QED) is 0.648. The van der Waals surface area contributed by atoms with Crippen molar-refractivity contribution < 1.29 is 14.3 Å². The number of carbonyl (C=O) groups is 2. The number of nitrogens with two attached hydrogens (primary N) is 2. The predicted octanol–water partition coefficient (Wildman–Crippen LogP) is 1.67. The van der Waals surface area contributed by atoms with Crippen molar-refractivity contribution in [1.82, 2.24) is 0 Å². The van der Waals surface area contributed by atoms with Gasteiger partial charge in [0.15, 0.2) is 0 Å². The molecule has 0 radical (unpaired) electrons. The highest BCUT2D eigenvalue weighted by atomic mass is 16.5.